The van der Waals surface area contributed by atoms with Crippen molar-refractivity contribution in [2.45, 2.75) is 219 Å². The van der Waals surface area contributed by atoms with Crippen LogP contribution in [0.1, 0.15) is 213 Å². The van der Waals surface area contributed by atoms with Crippen molar-refractivity contribution in [3.63, 3.8) is 0 Å². The van der Waals surface area contributed by atoms with Gasteiger partial charge in [-0.2, -0.15) is 0 Å². The number of likely N-dealkylation sites (N-methyl/N-ethyl adjacent to an activating group) is 1. The van der Waals surface area contributed by atoms with Crippen LogP contribution in [-0.4, -0.2) is 70.0 Å². The zero-order valence-electron chi connectivity index (χ0n) is 44.7. The first kappa shape index (κ1) is 65.9. The molecule has 396 valence electrons. The van der Waals surface area contributed by atoms with Gasteiger partial charge in [0.2, 0.25) is 0 Å². The Morgan fingerprint density at radius 2 is 0.826 bits per heavy atom. The number of carbonyl (C=O) groups excluding carboxylic acids is 2. The monoisotopic (exact) mass is 984 g/mol. The molecular weight excluding hydrogens is 882 g/mol. The average Bonchev–Trinajstić information content (AvgIpc) is 3.31. The van der Waals surface area contributed by atoms with Crippen molar-refractivity contribution in [1.29, 1.82) is 0 Å². The van der Waals surface area contributed by atoms with E-state index in [1.165, 1.54) is 83.5 Å². The Morgan fingerprint density at radius 1 is 0.464 bits per heavy atom. The Bertz CT molecular complexity index is 1490. The highest BCUT2D eigenvalue weighted by Crippen LogP contribution is 2.38. The summed E-state index contributed by atoms with van der Waals surface area (Å²) in [5.74, 6) is -0.846. The van der Waals surface area contributed by atoms with Crippen LogP contribution in [-0.2, 0) is 32.7 Å². The zero-order chi connectivity index (χ0) is 50.6. The fourth-order valence-electron chi connectivity index (χ4n) is 7.14. The van der Waals surface area contributed by atoms with Crippen LogP contribution in [0.15, 0.2) is 97.2 Å². The van der Waals surface area contributed by atoms with Crippen LogP contribution in [0.25, 0.3) is 0 Å². The SMILES string of the molecule is CC/C=C\C/C=C\C/C=C\C/C=C\C/C=C\C/C=C\C/C=C\C/C=C\CCCCCCCCCCC(=O)OC(COC(=O)CCCCCCCCCCCCCC)COP(=O)([O-])OCC[N+](C)(C)C. The first-order valence-corrected chi connectivity index (χ1v) is 28.9. The quantitative estimate of drug-likeness (QED) is 0.0195. The number of ether oxygens (including phenoxy) is 2. The molecular formula is C59H102NO8P. The number of quaternary nitrogens is 1. The summed E-state index contributed by atoms with van der Waals surface area (Å²) in [6.07, 6.45) is 67.3. The van der Waals surface area contributed by atoms with E-state index in [0.29, 0.717) is 17.4 Å². The summed E-state index contributed by atoms with van der Waals surface area (Å²) in [7, 11) is 1.15. The van der Waals surface area contributed by atoms with Gasteiger partial charge in [0, 0.05) is 12.8 Å². The van der Waals surface area contributed by atoms with E-state index in [1.54, 1.807) is 0 Å². The normalized spacial score (nSPS) is 14.1. The molecule has 0 aliphatic rings. The maximum Gasteiger partial charge on any atom is 0.306 e. The lowest BCUT2D eigenvalue weighted by Gasteiger charge is -2.28. The molecule has 0 heterocycles. The van der Waals surface area contributed by atoms with Crippen molar-refractivity contribution in [2.24, 2.45) is 0 Å². The predicted molar refractivity (Wildman–Crippen MR) is 291 cm³/mol. The van der Waals surface area contributed by atoms with E-state index in [-0.39, 0.29) is 32.0 Å². The van der Waals surface area contributed by atoms with Gasteiger partial charge in [0.1, 0.15) is 19.8 Å². The van der Waals surface area contributed by atoms with E-state index >= 15 is 0 Å². The Morgan fingerprint density at radius 3 is 1.23 bits per heavy atom. The third kappa shape index (κ3) is 54.1. The molecule has 2 unspecified atom stereocenters. The van der Waals surface area contributed by atoms with Crippen LogP contribution in [0.2, 0.25) is 0 Å². The van der Waals surface area contributed by atoms with Gasteiger partial charge in [-0.1, -0.05) is 220 Å². The number of carbonyl (C=O) groups is 2. The number of phosphoric ester groups is 1. The van der Waals surface area contributed by atoms with Crippen LogP contribution in [0, 0.1) is 0 Å². The van der Waals surface area contributed by atoms with Gasteiger partial charge in [-0.05, 0) is 77.0 Å². The second-order valence-corrected chi connectivity index (χ2v) is 20.6. The standard InChI is InChI=1S/C59H102NO8P/c1-6-8-10-12-14-16-18-20-21-22-23-24-25-26-27-28-29-30-31-32-33-34-35-36-37-38-39-40-42-44-46-48-50-52-59(62)68-57(56-67-69(63,64)66-54-53-60(3,4)5)55-65-58(61)51-49-47-45-43-41-19-17-15-13-11-9-7-2/h8,10,14,16,20-21,23-24,26-27,29-30,32-33,35-36,57H,6-7,9,11-13,15,17-19,22,25,28,31,34,37-56H2,1-5H3/b10-8-,16-14-,21-20-,24-23-,27-26-,30-29-,33-32-,36-35-. The second-order valence-electron chi connectivity index (χ2n) is 19.2. The summed E-state index contributed by atoms with van der Waals surface area (Å²) < 4.78 is 34.0. The Hall–Kier alpha value is -3.07. The van der Waals surface area contributed by atoms with Crippen molar-refractivity contribution in [1.82, 2.24) is 0 Å². The van der Waals surface area contributed by atoms with Crippen LogP contribution < -0.4 is 4.89 Å². The fourth-order valence-corrected chi connectivity index (χ4v) is 7.87. The fraction of sp³-hybridized carbons (Fsp3) is 0.695. The summed E-state index contributed by atoms with van der Waals surface area (Å²) in [6, 6.07) is 0. The number of hydrogen-bond acceptors (Lipinski definition) is 8. The second kappa shape index (κ2) is 49.9. The number of nitrogens with zero attached hydrogens (tertiary/aromatic N) is 1. The summed E-state index contributed by atoms with van der Waals surface area (Å²) in [5.41, 5.74) is 0. The van der Waals surface area contributed by atoms with Gasteiger partial charge < -0.3 is 27.9 Å². The topological polar surface area (TPSA) is 111 Å². The van der Waals surface area contributed by atoms with Crippen molar-refractivity contribution in [3.05, 3.63) is 97.2 Å². The van der Waals surface area contributed by atoms with Crippen molar-refractivity contribution in [2.75, 3.05) is 47.5 Å². The highest BCUT2D eigenvalue weighted by Gasteiger charge is 2.21. The summed E-state index contributed by atoms with van der Waals surface area (Å²) in [4.78, 5) is 37.7. The van der Waals surface area contributed by atoms with Crippen molar-refractivity contribution >= 4 is 19.8 Å². The van der Waals surface area contributed by atoms with E-state index in [1.807, 2.05) is 21.1 Å². The number of unbranched alkanes of at least 4 members (excludes halogenated alkanes) is 19. The van der Waals surface area contributed by atoms with E-state index < -0.39 is 26.5 Å². The van der Waals surface area contributed by atoms with E-state index in [2.05, 4.69) is 111 Å². The van der Waals surface area contributed by atoms with Gasteiger partial charge in [-0.15, -0.1) is 0 Å². The summed E-state index contributed by atoms with van der Waals surface area (Å²) >= 11 is 0. The number of rotatable bonds is 49. The minimum atomic E-state index is -4.64. The molecule has 0 aliphatic heterocycles. The highest BCUT2D eigenvalue weighted by molar-refractivity contribution is 7.45. The third-order valence-corrected chi connectivity index (χ3v) is 12.3. The molecule has 0 rings (SSSR count). The molecule has 0 fully saturated rings. The lowest BCUT2D eigenvalue weighted by molar-refractivity contribution is -0.870. The van der Waals surface area contributed by atoms with Crippen LogP contribution >= 0.6 is 7.82 Å². The van der Waals surface area contributed by atoms with E-state index in [0.717, 1.165) is 96.3 Å². The van der Waals surface area contributed by atoms with Crippen molar-refractivity contribution in [3.8, 4) is 0 Å². The highest BCUT2D eigenvalue weighted by atomic mass is 31.2. The van der Waals surface area contributed by atoms with Gasteiger partial charge in [0.15, 0.2) is 6.10 Å². The van der Waals surface area contributed by atoms with E-state index in [9.17, 15) is 19.0 Å². The smallest absolute Gasteiger partial charge is 0.306 e. The van der Waals surface area contributed by atoms with Gasteiger partial charge in [-0.3, -0.25) is 14.2 Å². The Kier molecular flexibility index (Phi) is 47.7. The number of allylic oxidation sites excluding steroid dienone is 16. The predicted octanol–water partition coefficient (Wildman–Crippen LogP) is 16.2. The zero-order valence-corrected chi connectivity index (χ0v) is 45.6. The number of esters is 2. The van der Waals surface area contributed by atoms with Crippen LogP contribution in [0.4, 0.5) is 0 Å². The van der Waals surface area contributed by atoms with E-state index in [4.69, 9.17) is 18.5 Å². The molecule has 0 aromatic rings. The molecule has 0 radical (unpaired) electrons. The summed E-state index contributed by atoms with van der Waals surface area (Å²) in [6.45, 7) is 4.10. The average molecular weight is 984 g/mol. The molecule has 0 amide bonds. The molecule has 0 aliphatic carbocycles. The molecule has 0 bridgehead atoms. The first-order chi connectivity index (χ1) is 33.5. The minimum Gasteiger partial charge on any atom is -0.756 e. The molecule has 0 saturated carbocycles. The van der Waals surface area contributed by atoms with Gasteiger partial charge in [0.05, 0.1) is 27.7 Å². The molecule has 0 aromatic carbocycles. The Balaban J connectivity index is 4.16. The van der Waals surface area contributed by atoms with Crippen LogP contribution in [0.5, 0.6) is 0 Å². The first-order valence-electron chi connectivity index (χ1n) is 27.4. The molecule has 69 heavy (non-hydrogen) atoms. The number of phosphoric acid groups is 1. The van der Waals surface area contributed by atoms with Crippen LogP contribution in [0.3, 0.4) is 0 Å². The largest absolute Gasteiger partial charge is 0.756 e. The maximum absolute atomic E-state index is 12.8. The lowest BCUT2D eigenvalue weighted by atomic mass is 10.0. The molecule has 0 saturated heterocycles. The molecule has 0 N–H and O–H groups in total. The number of hydrogen-bond donors (Lipinski definition) is 0. The molecule has 10 heteroatoms. The molecule has 9 nitrogen and oxygen atoms in total. The molecule has 0 aromatic heterocycles. The van der Waals surface area contributed by atoms with Gasteiger partial charge in [-0.25, -0.2) is 0 Å². The molecule has 2 atom stereocenters. The van der Waals surface area contributed by atoms with Crippen molar-refractivity contribution < 1.29 is 42.1 Å². The minimum absolute atomic E-state index is 0.0359. The lowest BCUT2D eigenvalue weighted by Crippen LogP contribution is -2.37. The maximum atomic E-state index is 12.8. The summed E-state index contributed by atoms with van der Waals surface area (Å²) in [5, 5.41) is 0. The Labute approximate surface area is 423 Å². The van der Waals surface area contributed by atoms with Gasteiger partial charge >= 0.3 is 11.9 Å². The van der Waals surface area contributed by atoms with Gasteiger partial charge in [0.25, 0.3) is 7.82 Å². The molecule has 0 spiro atoms. The third-order valence-electron chi connectivity index (χ3n) is 11.4.